The van der Waals surface area contributed by atoms with Crippen molar-refractivity contribution in [2.45, 2.75) is 46.1 Å². The van der Waals surface area contributed by atoms with Gasteiger partial charge in [-0.25, -0.2) is 0 Å². The second-order valence-corrected chi connectivity index (χ2v) is 8.61. The molecule has 0 spiro atoms. The monoisotopic (exact) mass is 322 g/mol. The topological polar surface area (TPSA) is 15.3 Å². The molecule has 3 rings (SSSR count). The number of hydrogen-bond acceptors (Lipinski definition) is 1. The van der Waals surface area contributed by atoms with Crippen LogP contribution >= 0.6 is 23.8 Å². The number of rotatable bonds is 1. The van der Waals surface area contributed by atoms with E-state index in [-0.39, 0.29) is 0 Å². The van der Waals surface area contributed by atoms with Gasteiger partial charge in [0, 0.05) is 23.3 Å². The van der Waals surface area contributed by atoms with Crippen molar-refractivity contribution in [2.24, 2.45) is 10.8 Å². The van der Waals surface area contributed by atoms with Crippen molar-refractivity contribution in [3.05, 3.63) is 29.3 Å². The Balaban J connectivity index is 1.74. The van der Waals surface area contributed by atoms with E-state index in [9.17, 15) is 0 Å². The highest BCUT2D eigenvalue weighted by Gasteiger charge is 2.50. The first-order valence-electron chi connectivity index (χ1n) is 7.60. The maximum absolute atomic E-state index is 6.04. The number of likely N-dealkylation sites (tertiary alicyclic amines) is 1. The average Bonchev–Trinajstić information content (AvgIpc) is 2.58. The summed E-state index contributed by atoms with van der Waals surface area (Å²) >= 11 is 11.7. The third-order valence-electron chi connectivity index (χ3n) is 4.75. The van der Waals surface area contributed by atoms with Gasteiger partial charge in [0.25, 0.3) is 0 Å². The number of anilines is 1. The zero-order valence-corrected chi connectivity index (χ0v) is 14.5. The molecule has 2 aliphatic rings. The summed E-state index contributed by atoms with van der Waals surface area (Å²) in [6.07, 6.45) is 3.76. The minimum absolute atomic E-state index is 0.395. The standard InChI is InChI=1S/C17H23ClN2S/c1-16(2)8-14-9-17(3,10-16)11-20(14)15(21)19-13-6-4-5-12(18)7-13/h4-7,14H,8-11H2,1-3H3,(H,19,21). The molecule has 0 radical (unpaired) electrons. The Kier molecular flexibility index (Phi) is 3.69. The van der Waals surface area contributed by atoms with Crippen LogP contribution in [0, 0.1) is 10.8 Å². The molecule has 0 aromatic heterocycles. The number of halogens is 1. The molecule has 1 saturated carbocycles. The van der Waals surface area contributed by atoms with E-state index < -0.39 is 0 Å². The van der Waals surface area contributed by atoms with Gasteiger partial charge in [0.05, 0.1) is 0 Å². The summed E-state index contributed by atoms with van der Waals surface area (Å²) in [5.74, 6) is 0. The van der Waals surface area contributed by atoms with Crippen molar-refractivity contribution in [1.29, 1.82) is 0 Å². The van der Waals surface area contributed by atoms with Gasteiger partial charge in [-0.2, -0.15) is 0 Å². The molecule has 1 heterocycles. The maximum Gasteiger partial charge on any atom is 0.173 e. The predicted octanol–water partition coefficient (Wildman–Crippen LogP) is 4.94. The van der Waals surface area contributed by atoms with E-state index in [0.717, 1.165) is 22.4 Å². The van der Waals surface area contributed by atoms with Crippen LogP contribution in [0.3, 0.4) is 0 Å². The Morgan fingerprint density at radius 3 is 2.81 bits per heavy atom. The fraction of sp³-hybridized carbons (Fsp3) is 0.588. The molecule has 2 unspecified atom stereocenters. The zero-order chi connectivity index (χ0) is 15.3. The summed E-state index contributed by atoms with van der Waals surface area (Å²) < 4.78 is 0. The molecule has 1 aromatic carbocycles. The van der Waals surface area contributed by atoms with Crippen LogP contribution in [0.15, 0.2) is 24.3 Å². The van der Waals surface area contributed by atoms with Crippen LogP contribution in [-0.4, -0.2) is 22.6 Å². The largest absolute Gasteiger partial charge is 0.345 e. The second kappa shape index (κ2) is 5.13. The summed E-state index contributed by atoms with van der Waals surface area (Å²) in [5, 5.41) is 4.92. The smallest absolute Gasteiger partial charge is 0.173 e. The van der Waals surface area contributed by atoms with Gasteiger partial charge in [0.2, 0.25) is 0 Å². The van der Waals surface area contributed by atoms with Gasteiger partial charge in [0.1, 0.15) is 0 Å². The van der Waals surface area contributed by atoms with E-state index in [2.05, 4.69) is 31.0 Å². The fourth-order valence-corrected chi connectivity index (χ4v) is 4.98. The highest BCUT2D eigenvalue weighted by atomic mass is 35.5. The van der Waals surface area contributed by atoms with Crippen LogP contribution < -0.4 is 5.32 Å². The Labute approximate surface area is 137 Å². The Bertz CT molecular complexity index is 572. The Morgan fingerprint density at radius 2 is 2.10 bits per heavy atom. The lowest BCUT2D eigenvalue weighted by atomic mass is 9.65. The van der Waals surface area contributed by atoms with Gasteiger partial charge in [-0.1, -0.05) is 38.4 Å². The van der Waals surface area contributed by atoms with E-state index in [4.69, 9.17) is 23.8 Å². The molecule has 1 N–H and O–H groups in total. The average molecular weight is 323 g/mol. The van der Waals surface area contributed by atoms with Gasteiger partial charge in [-0.3, -0.25) is 0 Å². The molecule has 114 valence electrons. The minimum atomic E-state index is 0.395. The highest BCUT2D eigenvalue weighted by Crippen LogP contribution is 2.52. The summed E-state index contributed by atoms with van der Waals surface area (Å²) in [4.78, 5) is 2.39. The number of hydrogen-bond donors (Lipinski definition) is 1. The van der Waals surface area contributed by atoms with Crippen molar-refractivity contribution < 1.29 is 0 Å². The van der Waals surface area contributed by atoms with Crippen LogP contribution in [0.25, 0.3) is 0 Å². The van der Waals surface area contributed by atoms with E-state index in [0.29, 0.717) is 16.9 Å². The van der Waals surface area contributed by atoms with Crippen molar-refractivity contribution in [3.63, 3.8) is 0 Å². The number of benzene rings is 1. The fourth-order valence-electron chi connectivity index (χ4n) is 4.46. The number of nitrogens with zero attached hydrogens (tertiary/aromatic N) is 1. The van der Waals surface area contributed by atoms with Gasteiger partial charge >= 0.3 is 0 Å². The molecular weight excluding hydrogens is 300 g/mol. The van der Waals surface area contributed by atoms with Crippen LogP contribution in [0.1, 0.15) is 40.0 Å². The first-order valence-corrected chi connectivity index (χ1v) is 8.38. The van der Waals surface area contributed by atoms with Gasteiger partial charge in [0.15, 0.2) is 5.11 Å². The van der Waals surface area contributed by atoms with Gasteiger partial charge in [-0.15, -0.1) is 0 Å². The molecule has 1 aliphatic carbocycles. The summed E-state index contributed by atoms with van der Waals surface area (Å²) in [5.41, 5.74) is 1.78. The molecule has 2 fully saturated rings. The van der Waals surface area contributed by atoms with Crippen molar-refractivity contribution in [3.8, 4) is 0 Å². The lowest BCUT2D eigenvalue weighted by molar-refractivity contribution is 0.132. The lowest BCUT2D eigenvalue weighted by Crippen LogP contribution is -2.39. The summed E-state index contributed by atoms with van der Waals surface area (Å²) in [6.45, 7) is 8.24. The van der Waals surface area contributed by atoms with Crippen molar-refractivity contribution in [2.75, 3.05) is 11.9 Å². The predicted molar refractivity (Wildman–Crippen MR) is 93.9 cm³/mol. The molecule has 1 aliphatic heterocycles. The van der Waals surface area contributed by atoms with Crippen LogP contribution in [0.5, 0.6) is 0 Å². The molecule has 2 bridgehead atoms. The summed E-state index contributed by atoms with van der Waals surface area (Å²) in [7, 11) is 0. The van der Waals surface area contributed by atoms with Crippen molar-refractivity contribution in [1.82, 2.24) is 4.90 Å². The molecule has 1 aromatic rings. The first-order chi connectivity index (χ1) is 9.76. The molecule has 21 heavy (non-hydrogen) atoms. The molecule has 1 saturated heterocycles. The van der Waals surface area contributed by atoms with E-state index in [1.54, 1.807) is 0 Å². The van der Waals surface area contributed by atoms with Crippen LogP contribution in [-0.2, 0) is 0 Å². The van der Waals surface area contributed by atoms with Gasteiger partial charge < -0.3 is 10.2 Å². The third kappa shape index (κ3) is 3.19. The van der Waals surface area contributed by atoms with Crippen LogP contribution in [0.4, 0.5) is 5.69 Å². The van der Waals surface area contributed by atoms with Gasteiger partial charge in [-0.05, 0) is 60.5 Å². The van der Waals surface area contributed by atoms with E-state index in [1.165, 1.54) is 19.3 Å². The molecular formula is C17H23ClN2S. The maximum atomic E-state index is 6.04. The second-order valence-electron chi connectivity index (χ2n) is 7.78. The van der Waals surface area contributed by atoms with E-state index in [1.807, 2.05) is 24.3 Å². The number of nitrogens with one attached hydrogen (secondary N) is 1. The van der Waals surface area contributed by atoms with Crippen molar-refractivity contribution >= 4 is 34.6 Å². The molecule has 0 amide bonds. The molecule has 4 heteroatoms. The molecule has 2 atom stereocenters. The third-order valence-corrected chi connectivity index (χ3v) is 5.32. The SMILES string of the molecule is CC1(C)CC2CC(C)(CN2C(=S)Nc2cccc(Cl)c2)C1. The minimum Gasteiger partial charge on any atom is -0.345 e. The number of thiocarbonyl (C=S) groups is 1. The number of fused-ring (bicyclic) bond motifs is 2. The lowest BCUT2D eigenvalue weighted by Gasteiger charge is -2.39. The Morgan fingerprint density at radius 1 is 1.33 bits per heavy atom. The van der Waals surface area contributed by atoms with Crippen LogP contribution in [0.2, 0.25) is 5.02 Å². The Hall–Kier alpha value is -0.800. The highest BCUT2D eigenvalue weighted by molar-refractivity contribution is 7.80. The molecule has 2 nitrogen and oxygen atoms in total. The summed E-state index contributed by atoms with van der Waals surface area (Å²) in [6, 6.07) is 8.31. The quantitative estimate of drug-likeness (QED) is 0.737. The normalized spacial score (nSPS) is 30.3. The zero-order valence-electron chi connectivity index (χ0n) is 12.9. The first kappa shape index (κ1) is 15.1. The van der Waals surface area contributed by atoms with E-state index >= 15 is 0 Å².